The number of hydrogen-bond donors (Lipinski definition) is 1. The summed E-state index contributed by atoms with van der Waals surface area (Å²) in [6.07, 6.45) is 3.93. The van der Waals surface area contributed by atoms with E-state index in [0.717, 1.165) is 19.3 Å². The topological polar surface area (TPSA) is 66.5 Å². The van der Waals surface area contributed by atoms with E-state index in [-0.39, 0.29) is 17.9 Å². The van der Waals surface area contributed by atoms with Crippen LogP contribution < -0.4 is 5.32 Å². The monoisotopic (exact) mass is 236 g/mol. The van der Waals surface area contributed by atoms with Crippen molar-refractivity contribution in [2.75, 3.05) is 0 Å². The second-order valence-electron chi connectivity index (χ2n) is 5.34. The number of nitrogens with zero attached hydrogens (tertiary/aromatic N) is 1. The van der Waals surface area contributed by atoms with Gasteiger partial charge in [-0.25, -0.2) is 4.79 Å². The average Bonchev–Trinajstić information content (AvgIpc) is 2.94. The van der Waals surface area contributed by atoms with Crippen LogP contribution in [0.1, 0.15) is 39.0 Å². The first-order valence-electron chi connectivity index (χ1n) is 6.29. The van der Waals surface area contributed by atoms with E-state index in [1.807, 2.05) is 0 Å². The molecule has 4 amide bonds. The highest BCUT2D eigenvalue weighted by Gasteiger charge is 2.60. The molecule has 92 valence electrons. The minimum absolute atomic E-state index is 0.0260. The SMILES string of the molecule is CCC1CC1N1C(=O)NC(=O)C2(CCC2)C1=O. The molecule has 1 spiro atoms. The van der Waals surface area contributed by atoms with Gasteiger partial charge in [0.25, 0.3) is 0 Å². The standard InChI is InChI=1S/C12H16N2O3/c1-2-7-6-8(7)14-10(16)12(4-3-5-12)9(15)13-11(14)17/h7-8H,2-6H2,1H3,(H,13,15,17). The number of imide groups is 2. The van der Waals surface area contributed by atoms with Crippen molar-refractivity contribution in [3.63, 3.8) is 0 Å². The zero-order chi connectivity index (χ0) is 12.2. The molecular weight excluding hydrogens is 220 g/mol. The maximum Gasteiger partial charge on any atom is 0.331 e. The van der Waals surface area contributed by atoms with Gasteiger partial charge in [0.2, 0.25) is 11.8 Å². The lowest BCUT2D eigenvalue weighted by Crippen LogP contribution is -2.66. The van der Waals surface area contributed by atoms with Gasteiger partial charge in [0, 0.05) is 6.04 Å². The van der Waals surface area contributed by atoms with E-state index in [9.17, 15) is 14.4 Å². The Bertz CT molecular complexity index is 414. The normalized spacial score (nSPS) is 34.6. The molecule has 3 rings (SSSR count). The summed E-state index contributed by atoms with van der Waals surface area (Å²) in [7, 11) is 0. The molecule has 5 nitrogen and oxygen atoms in total. The zero-order valence-electron chi connectivity index (χ0n) is 9.86. The number of carbonyl (C=O) groups excluding carboxylic acids is 3. The molecule has 1 N–H and O–H groups in total. The lowest BCUT2D eigenvalue weighted by atomic mass is 9.66. The van der Waals surface area contributed by atoms with E-state index < -0.39 is 11.4 Å². The van der Waals surface area contributed by atoms with Crippen LogP contribution in [0.25, 0.3) is 0 Å². The number of rotatable bonds is 2. The first-order valence-corrected chi connectivity index (χ1v) is 6.29. The molecule has 3 aliphatic rings. The molecule has 2 saturated carbocycles. The van der Waals surface area contributed by atoms with Gasteiger partial charge in [-0.1, -0.05) is 19.8 Å². The summed E-state index contributed by atoms with van der Waals surface area (Å²) in [5.41, 5.74) is -0.908. The molecule has 1 aliphatic heterocycles. The fourth-order valence-electron chi connectivity index (χ4n) is 2.96. The van der Waals surface area contributed by atoms with Crippen molar-refractivity contribution in [2.24, 2.45) is 11.3 Å². The van der Waals surface area contributed by atoms with Gasteiger partial charge in [-0.15, -0.1) is 0 Å². The predicted molar refractivity (Wildman–Crippen MR) is 58.9 cm³/mol. The summed E-state index contributed by atoms with van der Waals surface area (Å²) in [5.74, 6) is -0.211. The molecule has 2 atom stereocenters. The van der Waals surface area contributed by atoms with Crippen LogP contribution >= 0.6 is 0 Å². The largest absolute Gasteiger partial charge is 0.331 e. The summed E-state index contributed by atoms with van der Waals surface area (Å²) in [5, 5.41) is 2.35. The predicted octanol–water partition coefficient (Wildman–Crippen LogP) is 1.03. The Hall–Kier alpha value is -1.39. The van der Waals surface area contributed by atoms with Crippen molar-refractivity contribution in [3.8, 4) is 0 Å². The van der Waals surface area contributed by atoms with Crippen molar-refractivity contribution in [1.82, 2.24) is 10.2 Å². The van der Waals surface area contributed by atoms with Gasteiger partial charge >= 0.3 is 6.03 Å². The van der Waals surface area contributed by atoms with Gasteiger partial charge in [0.15, 0.2) is 0 Å². The van der Waals surface area contributed by atoms with Crippen molar-refractivity contribution in [1.29, 1.82) is 0 Å². The van der Waals surface area contributed by atoms with E-state index in [1.54, 1.807) is 0 Å². The molecule has 0 radical (unpaired) electrons. The maximum absolute atomic E-state index is 12.3. The molecule has 0 aromatic carbocycles. The molecule has 3 fully saturated rings. The van der Waals surface area contributed by atoms with Crippen molar-refractivity contribution < 1.29 is 14.4 Å². The molecule has 2 aliphatic carbocycles. The molecule has 2 unspecified atom stereocenters. The van der Waals surface area contributed by atoms with Gasteiger partial charge in [0.05, 0.1) is 0 Å². The van der Waals surface area contributed by atoms with Gasteiger partial charge in [-0.2, -0.15) is 0 Å². The molecule has 0 bridgehead atoms. The van der Waals surface area contributed by atoms with Gasteiger partial charge in [-0.05, 0) is 25.2 Å². The Kier molecular flexibility index (Phi) is 2.09. The molecule has 0 aromatic rings. The van der Waals surface area contributed by atoms with E-state index in [0.29, 0.717) is 18.8 Å². The highest BCUT2D eigenvalue weighted by atomic mass is 16.2. The highest BCUT2D eigenvalue weighted by Crippen LogP contribution is 2.48. The van der Waals surface area contributed by atoms with Crippen LogP contribution in [0.4, 0.5) is 4.79 Å². The number of amides is 4. The third-order valence-corrected chi connectivity index (χ3v) is 4.45. The second-order valence-corrected chi connectivity index (χ2v) is 5.34. The quantitative estimate of drug-likeness (QED) is 0.728. The van der Waals surface area contributed by atoms with Crippen LogP contribution in [0, 0.1) is 11.3 Å². The van der Waals surface area contributed by atoms with Crippen molar-refractivity contribution >= 4 is 17.8 Å². The van der Waals surface area contributed by atoms with Crippen LogP contribution in [-0.2, 0) is 9.59 Å². The smallest absolute Gasteiger partial charge is 0.277 e. The summed E-state index contributed by atoms with van der Waals surface area (Å²) in [6.45, 7) is 2.06. The Labute approximate surface area is 99.5 Å². The van der Waals surface area contributed by atoms with Crippen LogP contribution in [0.3, 0.4) is 0 Å². The molecular formula is C12H16N2O3. The lowest BCUT2D eigenvalue weighted by molar-refractivity contribution is -0.158. The first kappa shape index (κ1) is 10.7. The summed E-state index contributed by atoms with van der Waals surface area (Å²) in [4.78, 5) is 37.2. The van der Waals surface area contributed by atoms with E-state index >= 15 is 0 Å². The zero-order valence-corrected chi connectivity index (χ0v) is 9.86. The minimum Gasteiger partial charge on any atom is -0.277 e. The van der Waals surface area contributed by atoms with Gasteiger partial charge < -0.3 is 0 Å². The Morgan fingerprint density at radius 3 is 2.53 bits per heavy atom. The van der Waals surface area contributed by atoms with E-state index in [2.05, 4.69) is 12.2 Å². The lowest BCUT2D eigenvalue weighted by Gasteiger charge is -2.44. The highest BCUT2D eigenvalue weighted by molar-refractivity contribution is 6.19. The molecule has 0 aromatic heterocycles. The molecule has 1 heterocycles. The van der Waals surface area contributed by atoms with E-state index in [1.165, 1.54) is 4.90 Å². The Balaban J connectivity index is 1.86. The molecule has 1 saturated heterocycles. The van der Waals surface area contributed by atoms with Crippen molar-refractivity contribution in [2.45, 2.75) is 45.1 Å². The third-order valence-electron chi connectivity index (χ3n) is 4.45. The number of carbonyl (C=O) groups is 3. The van der Waals surface area contributed by atoms with Crippen LogP contribution in [0.5, 0.6) is 0 Å². The van der Waals surface area contributed by atoms with Crippen LogP contribution in [-0.4, -0.2) is 28.8 Å². The summed E-state index contributed by atoms with van der Waals surface area (Å²) in [6, 6.07) is -0.489. The fraction of sp³-hybridized carbons (Fsp3) is 0.750. The average molecular weight is 236 g/mol. The van der Waals surface area contributed by atoms with Crippen molar-refractivity contribution in [3.05, 3.63) is 0 Å². The summed E-state index contributed by atoms with van der Waals surface area (Å²) >= 11 is 0. The second kappa shape index (κ2) is 3.31. The molecule has 5 heteroatoms. The van der Waals surface area contributed by atoms with Crippen LogP contribution in [0.15, 0.2) is 0 Å². The fourth-order valence-corrected chi connectivity index (χ4v) is 2.96. The third kappa shape index (κ3) is 1.28. The number of barbiturate groups is 1. The molecule has 17 heavy (non-hydrogen) atoms. The Morgan fingerprint density at radius 1 is 1.35 bits per heavy atom. The van der Waals surface area contributed by atoms with Crippen LogP contribution in [0.2, 0.25) is 0 Å². The number of urea groups is 1. The minimum atomic E-state index is -0.908. The van der Waals surface area contributed by atoms with E-state index in [4.69, 9.17) is 0 Å². The Morgan fingerprint density at radius 2 is 2.06 bits per heavy atom. The summed E-state index contributed by atoms with van der Waals surface area (Å²) < 4.78 is 0. The van der Waals surface area contributed by atoms with Gasteiger partial charge in [-0.3, -0.25) is 19.8 Å². The number of nitrogens with one attached hydrogen (secondary N) is 1. The maximum atomic E-state index is 12.3. The first-order chi connectivity index (χ1) is 8.10. The van der Waals surface area contributed by atoms with Gasteiger partial charge in [0.1, 0.15) is 5.41 Å². The number of hydrogen-bond acceptors (Lipinski definition) is 3.